The van der Waals surface area contributed by atoms with Gasteiger partial charge in [-0.2, -0.15) is 0 Å². The fourth-order valence-corrected chi connectivity index (χ4v) is 5.43. The minimum Gasteiger partial charge on any atom is -0.493 e. The summed E-state index contributed by atoms with van der Waals surface area (Å²) in [4.78, 5) is 36.6. The molecular weight excluding hydrogens is 500 g/mol. The summed E-state index contributed by atoms with van der Waals surface area (Å²) in [7, 11) is 4.50. The fraction of sp³-hybridized carbons (Fsp3) is 0.370. The Balaban J connectivity index is 1.70. The van der Waals surface area contributed by atoms with Crippen LogP contribution in [-0.2, 0) is 23.9 Å². The van der Waals surface area contributed by atoms with Gasteiger partial charge in [0.2, 0.25) is 12.0 Å². The van der Waals surface area contributed by atoms with Gasteiger partial charge < -0.3 is 38.3 Å². The Labute approximate surface area is 217 Å². The summed E-state index contributed by atoms with van der Waals surface area (Å²) in [5.74, 6) is -2.27. The first-order valence-corrected chi connectivity index (χ1v) is 11.8. The smallest absolute Gasteiger partial charge is 0.331 e. The molecule has 0 saturated carbocycles. The molecule has 5 atom stereocenters. The number of benzene rings is 2. The third-order valence-electron chi connectivity index (χ3n) is 6.93. The van der Waals surface area contributed by atoms with Gasteiger partial charge >= 0.3 is 17.9 Å². The number of carboxylic acids is 1. The van der Waals surface area contributed by atoms with Gasteiger partial charge in [-0.3, -0.25) is 4.79 Å². The summed E-state index contributed by atoms with van der Waals surface area (Å²) in [5, 5.41) is 8.91. The molecule has 1 unspecified atom stereocenters. The number of aliphatic carboxylic acids is 1. The van der Waals surface area contributed by atoms with Crippen molar-refractivity contribution in [1.29, 1.82) is 0 Å². The van der Waals surface area contributed by atoms with Gasteiger partial charge in [0.05, 0.1) is 33.9 Å². The van der Waals surface area contributed by atoms with Gasteiger partial charge in [0.1, 0.15) is 6.10 Å². The van der Waals surface area contributed by atoms with Crippen molar-refractivity contribution in [3.8, 4) is 28.7 Å². The Morgan fingerprint density at radius 2 is 1.58 bits per heavy atom. The van der Waals surface area contributed by atoms with Gasteiger partial charge in [-0.15, -0.1) is 0 Å². The highest BCUT2D eigenvalue weighted by molar-refractivity contribution is 5.91. The van der Waals surface area contributed by atoms with E-state index in [1.54, 1.807) is 31.2 Å². The van der Waals surface area contributed by atoms with Crippen molar-refractivity contribution >= 4 is 17.9 Å². The van der Waals surface area contributed by atoms with Crippen molar-refractivity contribution in [3.05, 3.63) is 53.1 Å². The molecule has 38 heavy (non-hydrogen) atoms. The lowest BCUT2D eigenvalue weighted by Crippen LogP contribution is -2.36. The third-order valence-corrected chi connectivity index (χ3v) is 6.93. The summed E-state index contributed by atoms with van der Waals surface area (Å²) in [6.07, 6.45) is 0.0856. The van der Waals surface area contributed by atoms with E-state index in [-0.39, 0.29) is 6.61 Å². The summed E-state index contributed by atoms with van der Waals surface area (Å²) in [6, 6.07) is 7.05. The topological polar surface area (TPSA) is 136 Å². The second-order valence-corrected chi connectivity index (χ2v) is 9.02. The van der Waals surface area contributed by atoms with E-state index in [1.807, 2.05) is 0 Å². The standard InChI is InChI=1S/C27H26O11/c1-12-36-17-9-14-15(10-18(17)37-12)25(38-22(30)6-5-21(28)29)16-11-35-27(31)24(16)23(14)13-7-19(32-2)26(34-4)20(8-13)33-3/h5-10,12,16,23-25H,11H2,1-4H3,(H,28,29)/b6-5+/t12?,16-,23+,24+,25-/m0/s1. The lowest BCUT2D eigenvalue weighted by atomic mass is 9.66. The Morgan fingerprint density at radius 1 is 0.947 bits per heavy atom. The first kappa shape index (κ1) is 25.2. The lowest BCUT2D eigenvalue weighted by Gasteiger charge is -2.38. The number of carbonyl (C=O) groups is 3. The van der Waals surface area contributed by atoms with Crippen molar-refractivity contribution in [3.63, 3.8) is 0 Å². The Hall–Kier alpha value is -4.41. The quantitative estimate of drug-likeness (QED) is 0.421. The number of cyclic esters (lactones) is 1. The van der Waals surface area contributed by atoms with Crippen LogP contribution in [0.15, 0.2) is 36.4 Å². The second-order valence-electron chi connectivity index (χ2n) is 9.02. The van der Waals surface area contributed by atoms with Crippen LogP contribution in [0.3, 0.4) is 0 Å². The molecule has 0 aromatic heterocycles. The van der Waals surface area contributed by atoms with Crippen molar-refractivity contribution in [2.45, 2.75) is 25.2 Å². The number of hydrogen-bond acceptors (Lipinski definition) is 10. The molecule has 11 heteroatoms. The average Bonchev–Trinajstić information content (AvgIpc) is 3.46. The average molecular weight is 526 g/mol. The predicted molar refractivity (Wildman–Crippen MR) is 129 cm³/mol. The van der Waals surface area contributed by atoms with Crippen LogP contribution in [0.5, 0.6) is 28.7 Å². The molecule has 0 radical (unpaired) electrons. The molecule has 1 saturated heterocycles. The zero-order valence-electron chi connectivity index (χ0n) is 21.1. The molecule has 0 amide bonds. The van der Waals surface area contributed by atoms with Gasteiger partial charge in [-0.05, 0) is 35.4 Å². The minimum absolute atomic E-state index is 0.00923. The van der Waals surface area contributed by atoms with E-state index in [0.29, 0.717) is 51.5 Å². The van der Waals surface area contributed by atoms with E-state index in [4.69, 9.17) is 38.3 Å². The predicted octanol–water partition coefficient (Wildman–Crippen LogP) is 2.99. The van der Waals surface area contributed by atoms with E-state index in [2.05, 4.69) is 0 Å². The van der Waals surface area contributed by atoms with Crippen LogP contribution in [0.4, 0.5) is 0 Å². The van der Waals surface area contributed by atoms with Crippen LogP contribution in [0, 0.1) is 11.8 Å². The van der Waals surface area contributed by atoms with Crippen LogP contribution in [0.1, 0.15) is 35.6 Å². The van der Waals surface area contributed by atoms with E-state index in [1.165, 1.54) is 21.3 Å². The number of methoxy groups -OCH3 is 3. The summed E-state index contributed by atoms with van der Waals surface area (Å²) in [6.45, 7) is 1.76. The van der Waals surface area contributed by atoms with Crippen LogP contribution >= 0.6 is 0 Å². The zero-order chi connectivity index (χ0) is 27.1. The number of esters is 2. The van der Waals surface area contributed by atoms with Gasteiger partial charge in [-0.25, -0.2) is 9.59 Å². The molecule has 5 rings (SSSR count). The molecule has 2 aromatic carbocycles. The number of ether oxygens (including phenoxy) is 7. The largest absolute Gasteiger partial charge is 0.493 e. The van der Waals surface area contributed by atoms with Gasteiger partial charge in [0.25, 0.3) is 0 Å². The van der Waals surface area contributed by atoms with Crippen LogP contribution < -0.4 is 23.7 Å². The lowest BCUT2D eigenvalue weighted by molar-refractivity contribution is -0.149. The van der Waals surface area contributed by atoms with E-state index in [0.717, 1.165) is 6.08 Å². The number of rotatable bonds is 7. The van der Waals surface area contributed by atoms with Gasteiger partial charge in [0.15, 0.2) is 23.0 Å². The second kappa shape index (κ2) is 9.81. The van der Waals surface area contributed by atoms with Crippen molar-refractivity contribution < 1.29 is 52.6 Å². The first-order valence-electron chi connectivity index (χ1n) is 11.8. The molecule has 200 valence electrons. The minimum atomic E-state index is -1.29. The molecule has 0 spiro atoms. The molecule has 3 aliphatic rings. The van der Waals surface area contributed by atoms with E-state index in [9.17, 15) is 14.4 Å². The number of fused-ring (bicyclic) bond motifs is 3. The molecular formula is C27H26O11. The molecule has 2 aliphatic heterocycles. The molecule has 1 aliphatic carbocycles. The summed E-state index contributed by atoms with van der Waals surface area (Å²) < 4.78 is 39.4. The SMILES string of the molecule is COc1cc([C@@H]2c3cc4c(cc3[C@H](OC(=O)/C=C/C(=O)O)[C@H]3COC(=O)[C@@H]23)OC(C)O4)cc(OC)c1OC. The van der Waals surface area contributed by atoms with Gasteiger partial charge in [-0.1, -0.05) is 0 Å². The molecule has 1 fully saturated rings. The molecule has 2 heterocycles. The number of carbonyl (C=O) groups excluding carboxylic acids is 2. The highest BCUT2D eigenvalue weighted by Crippen LogP contribution is 2.56. The van der Waals surface area contributed by atoms with Crippen molar-refractivity contribution in [2.24, 2.45) is 11.8 Å². The third kappa shape index (κ3) is 4.23. The highest BCUT2D eigenvalue weighted by atomic mass is 16.7. The Kier molecular flexibility index (Phi) is 6.52. The normalized spacial score (nSPS) is 24.8. The highest BCUT2D eigenvalue weighted by Gasteiger charge is 2.54. The maximum Gasteiger partial charge on any atom is 0.331 e. The van der Waals surface area contributed by atoms with Gasteiger partial charge in [0, 0.05) is 36.5 Å². The Bertz CT molecular complexity index is 1310. The van der Waals surface area contributed by atoms with Crippen molar-refractivity contribution in [2.75, 3.05) is 27.9 Å². The van der Waals surface area contributed by atoms with E-state index >= 15 is 0 Å². The molecule has 1 N–H and O–H groups in total. The monoisotopic (exact) mass is 526 g/mol. The van der Waals surface area contributed by atoms with Crippen LogP contribution in [0.2, 0.25) is 0 Å². The molecule has 11 nitrogen and oxygen atoms in total. The van der Waals surface area contributed by atoms with Crippen LogP contribution in [0.25, 0.3) is 0 Å². The zero-order valence-corrected chi connectivity index (χ0v) is 21.1. The first-order chi connectivity index (χ1) is 18.2. The van der Waals surface area contributed by atoms with Crippen molar-refractivity contribution in [1.82, 2.24) is 0 Å². The summed E-state index contributed by atoms with van der Waals surface area (Å²) >= 11 is 0. The van der Waals surface area contributed by atoms with E-state index < -0.39 is 48.1 Å². The molecule has 0 bridgehead atoms. The molecule has 2 aromatic rings. The number of carboxylic acid groups (broad SMARTS) is 1. The maximum absolute atomic E-state index is 13.2. The van der Waals surface area contributed by atoms with Crippen LogP contribution in [-0.4, -0.2) is 57.2 Å². The fourth-order valence-electron chi connectivity index (χ4n) is 5.43. The Morgan fingerprint density at radius 3 is 2.16 bits per heavy atom. The number of hydrogen-bond donors (Lipinski definition) is 1. The maximum atomic E-state index is 13.2. The summed E-state index contributed by atoms with van der Waals surface area (Å²) in [5.41, 5.74) is 1.95.